The Morgan fingerprint density at radius 2 is 0.845 bits per heavy atom. The summed E-state index contributed by atoms with van der Waals surface area (Å²) >= 11 is 0. The first-order valence-corrected chi connectivity index (χ1v) is 20.3. The molecule has 0 N–H and O–H groups in total. The Balaban J connectivity index is 1.15. The van der Waals surface area contributed by atoms with Crippen molar-refractivity contribution in [3.8, 4) is 55.6 Å². The molecule has 0 aliphatic heterocycles. The quantitative estimate of drug-likeness (QED) is 0.164. The van der Waals surface area contributed by atoms with E-state index >= 15 is 0 Å². The van der Waals surface area contributed by atoms with E-state index in [4.69, 9.17) is 4.42 Å². The first-order chi connectivity index (χ1) is 28.6. The number of benzene rings is 10. The van der Waals surface area contributed by atoms with Crippen LogP contribution in [0, 0.1) is 0 Å². The van der Waals surface area contributed by atoms with E-state index in [9.17, 15) is 0 Å². The molecule has 10 aromatic carbocycles. The van der Waals surface area contributed by atoms with Gasteiger partial charge in [-0.05, 0) is 118 Å². The van der Waals surface area contributed by atoms with Gasteiger partial charge in [0.25, 0.3) is 0 Å². The second-order valence-corrected chi connectivity index (χ2v) is 16.3. The number of fused-ring (bicyclic) bond motifs is 9. The van der Waals surface area contributed by atoms with Crippen molar-refractivity contribution >= 4 is 54.3 Å². The van der Waals surface area contributed by atoms with Crippen LogP contribution >= 0.6 is 0 Å². The fourth-order valence-electron chi connectivity index (χ4n) is 10.3. The summed E-state index contributed by atoms with van der Waals surface area (Å²) in [4.78, 5) is 0. The Hall–Kier alpha value is -7.22. The summed E-state index contributed by atoms with van der Waals surface area (Å²) in [5.41, 5.74) is 16.9. The highest BCUT2D eigenvalue weighted by molar-refractivity contribution is 6.25. The first kappa shape index (κ1) is 33.0. The van der Waals surface area contributed by atoms with Crippen molar-refractivity contribution in [3.63, 3.8) is 0 Å². The number of hydrogen-bond donors (Lipinski definition) is 0. The Bertz CT molecular complexity index is 3410. The maximum atomic E-state index is 6.58. The molecule has 1 heteroatoms. The summed E-state index contributed by atoms with van der Waals surface area (Å²) in [6.07, 6.45) is 0. The molecule has 0 amide bonds. The zero-order valence-electron chi connectivity index (χ0n) is 32.4. The normalized spacial score (nSPS) is 13.1. The Morgan fingerprint density at radius 1 is 0.310 bits per heavy atom. The van der Waals surface area contributed by atoms with Gasteiger partial charge in [-0.2, -0.15) is 0 Å². The van der Waals surface area contributed by atoms with Gasteiger partial charge in [-0.1, -0.05) is 184 Å². The molecule has 1 aromatic heterocycles. The van der Waals surface area contributed by atoms with Crippen LogP contribution in [0.4, 0.5) is 0 Å². The predicted molar refractivity (Wildman–Crippen MR) is 246 cm³/mol. The van der Waals surface area contributed by atoms with Crippen LogP contribution in [0.25, 0.3) is 110 Å². The summed E-state index contributed by atoms with van der Waals surface area (Å²) in [5.74, 6) is 0. The maximum absolute atomic E-state index is 6.58. The van der Waals surface area contributed by atoms with E-state index in [-0.39, 0.29) is 5.41 Å². The molecule has 1 heterocycles. The van der Waals surface area contributed by atoms with Gasteiger partial charge in [-0.25, -0.2) is 0 Å². The van der Waals surface area contributed by atoms with E-state index in [1.165, 1.54) is 99.1 Å². The minimum absolute atomic E-state index is 0.0681. The largest absolute Gasteiger partial charge is 0.456 e. The van der Waals surface area contributed by atoms with E-state index in [1.807, 2.05) is 0 Å². The van der Waals surface area contributed by atoms with Gasteiger partial charge in [0, 0.05) is 21.8 Å². The van der Waals surface area contributed by atoms with Gasteiger partial charge in [-0.3, -0.25) is 0 Å². The Morgan fingerprint density at radius 3 is 1.57 bits per heavy atom. The van der Waals surface area contributed by atoms with E-state index < -0.39 is 0 Å². The summed E-state index contributed by atoms with van der Waals surface area (Å²) in [5, 5.41) is 9.77. The third-order valence-corrected chi connectivity index (χ3v) is 12.9. The van der Waals surface area contributed by atoms with Gasteiger partial charge in [0.15, 0.2) is 0 Å². The third-order valence-electron chi connectivity index (χ3n) is 12.9. The van der Waals surface area contributed by atoms with Gasteiger partial charge in [-0.15, -0.1) is 0 Å². The lowest BCUT2D eigenvalue weighted by Crippen LogP contribution is -2.14. The molecular formula is C57H38O. The van der Waals surface area contributed by atoms with Gasteiger partial charge < -0.3 is 4.42 Å². The zero-order valence-corrected chi connectivity index (χ0v) is 32.4. The first-order valence-electron chi connectivity index (χ1n) is 20.3. The van der Waals surface area contributed by atoms with Crippen LogP contribution in [0.2, 0.25) is 0 Å². The highest BCUT2D eigenvalue weighted by atomic mass is 16.3. The van der Waals surface area contributed by atoms with Gasteiger partial charge in [0.1, 0.15) is 11.2 Å². The molecule has 1 nitrogen and oxygen atoms in total. The second kappa shape index (κ2) is 12.4. The molecular weight excluding hydrogens is 701 g/mol. The fraction of sp³-hybridized carbons (Fsp3) is 0.0526. The molecule has 0 radical (unpaired) electrons. The minimum Gasteiger partial charge on any atom is -0.456 e. The number of furan rings is 1. The standard InChI is InChI=1S/C57H38O/c1-57(2)49-26-14-12-20-40(49)48-34-36(28-32-50(48)57)54-45(31-33-52-56(54)47-25-13-15-27-51(47)58-52)39-29-30-46(38-19-7-6-18-37(38)39)55-43-23-10-8-21-41(43)53(35-16-4-3-5-17-35)42-22-9-11-24-44(42)55/h3-34H,1-2H3. The molecule has 0 unspecified atom stereocenters. The van der Waals surface area contributed by atoms with Crippen molar-refractivity contribution in [2.24, 2.45) is 0 Å². The maximum Gasteiger partial charge on any atom is 0.136 e. The molecule has 11 aromatic rings. The summed E-state index contributed by atoms with van der Waals surface area (Å²) in [6, 6.07) is 71.4. The van der Waals surface area contributed by atoms with Crippen molar-refractivity contribution in [3.05, 3.63) is 205 Å². The van der Waals surface area contributed by atoms with Crippen molar-refractivity contribution in [2.75, 3.05) is 0 Å². The van der Waals surface area contributed by atoms with Crippen LogP contribution in [0.3, 0.4) is 0 Å². The van der Waals surface area contributed by atoms with Gasteiger partial charge >= 0.3 is 0 Å². The smallest absolute Gasteiger partial charge is 0.136 e. The fourth-order valence-corrected chi connectivity index (χ4v) is 10.3. The number of para-hydroxylation sites is 1. The number of rotatable bonds is 4. The van der Waals surface area contributed by atoms with Crippen LogP contribution in [0.15, 0.2) is 199 Å². The highest BCUT2D eigenvalue weighted by Crippen LogP contribution is 2.52. The lowest BCUT2D eigenvalue weighted by molar-refractivity contribution is 0.660. The molecule has 1 aliphatic carbocycles. The summed E-state index contributed by atoms with van der Waals surface area (Å²) in [6.45, 7) is 4.70. The van der Waals surface area contributed by atoms with Crippen molar-refractivity contribution in [2.45, 2.75) is 19.3 Å². The van der Waals surface area contributed by atoms with Crippen LogP contribution in [-0.4, -0.2) is 0 Å². The molecule has 0 saturated heterocycles. The van der Waals surface area contributed by atoms with E-state index in [1.54, 1.807) is 0 Å². The Kier molecular flexibility index (Phi) is 7.04. The molecule has 58 heavy (non-hydrogen) atoms. The van der Waals surface area contributed by atoms with Crippen LogP contribution in [0.5, 0.6) is 0 Å². The topological polar surface area (TPSA) is 13.1 Å². The lowest BCUT2D eigenvalue weighted by Gasteiger charge is -2.22. The minimum atomic E-state index is -0.0681. The molecule has 0 bridgehead atoms. The number of hydrogen-bond acceptors (Lipinski definition) is 1. The lowest BCUT2D eigenvalue weighted by atomic mass is 9.81. The molecule has 0 fully saturated rings. The SMILES string of the molecule is CC1(C)c2ccccc2-c2cc(-c3c(-c4ccc(-c5c6ccccc6c(-c6ccccc6)c6ccccc56)c5ccccc45)ccc4oc5ccccc5c34)ccc21. The van der Waals surface area contributed by atoms with Gasteiger partial charge in [0.2, 0.25) is 0 Å². The van der Waals surface area contributed by atoms with Crippen molar-refractivity contribution in [1.29, 1.82) is 0 Å². The average Bonchev–Trinajstić information content (AvgIpc) is 3.77. The third kappa shape index (κ3) is 4.65. The van der Waals surface area contributed by atoms with Crippen LogP contribution in [0.1, 0.15) is 25.0 Å². The molecule has 0 spiro atoms. The molecule has 12 rings (SSSR count). The Labute approximate surface area is 337 Å². The van der Waals surface area contributed by atoms with E-state index in [2.05, 4.69) is 208 Å². The monoisotopic (exact) mass is 738 g/mol. The zero-order chi connectivity index (χ0) is 38.5. The predicted octanol–water partition coefficient (Wildman–Crippen LogP) is 16.0. The average molecular weight is 739 g/mol. The molecule has 272 valence electrons. The van der Waals surface area contributed by atoms with Crippen molar-refractivity contribution in [1.82, 2.24) is 0 Å². The summed E-state index contributed by atoms with van der Waals surface area (Å²) in [7, 11) is 0. The molecule has 1 aliphatic rings. The van der Waals surface area contributed by atoms with Crippen LogP contribution in [-0.2, 0) is 5.41 Å². The van der Waals surface area contributed by atoms with Gasteiger partial charge in [0.05, 0.1) is 0 Å². The molecule has 0 saturated carbocycles. The summed E-state index contributed by atoms with van der Waals surface area (Å²) < 4.78 is 6.58. The molecule has 0 atom stereocenters. The van der Waals surface area contributed by atoms with Crippen molar-refractivity contribution < 1.29 is 4.42 Å². The van der Waals surface area contributed by atoms with Crippen LogP contribution < -0.4 is 0 Å². The van der Waals surface area contributed by atoms with E-state index in [0.29, 0.717) is 0 Å². The highest BCUT2D eigenvalue weighted by Gasteiger charge is 2.35. The van der Waals surface area contributed by atoms with E-state index in [0.717, 1.165) is 21.9 Å². The second-order valence-electron chi connectivity index (χ2n) is 16.3.